The van der Waals surface area contributed by atoms with Gasteiger partial charge in [0.15, 0.2) is 0 Å². The van der Waals surface area contributed by atoms with Crippen LogP contribution < -0.4 is 4.74 Å². The summed E-state index contributed by atoms with van der Waals surface area (Å²) in [6.45, 7) is 8.28. The largest absolute Gasteiger partial charge is 0.458 e. The zero-order chi connectivity index (χ0) is 17.7. The summed E-state index contributed by atoms with van der Waals surface area (Å²) in [7, 11) is 0. The Morgan fingerprint density at radius 1 is 1.21 bits per heavy atom. The van der Waals surface area contributed by atoms with Crippen LogP contribution in [0.25, 0.3) is 0 Å². The van der Waals surface area contributed by atoms with Gasteiger partial charge in [-0.15, -0.1) is 0 Å². The molecule has 1 saturated carbocycles. The van der Waals surface area contributed by atoms with Gasteiger partial charge in [0.2, 0.25) is 0 Å². The first-order chi connectivity index (χ1) is 11.4. The summed E-state index contributed by atoms with van der Waals surface area (Å²) >= 11 is 0. The molecule has 2 rings (SSSR count). The van der Waals surface area contributed by atoms with E-state index in [4.69, 9.17) is 9.47 Å². The predicted octanol–water partition coefficient (Wildman–Crippen LogP) is 4.62. The number of esters is 2. The molecule has 1 aliphatic carbocycles. The molecule has 0 aromatic heterocycles. The van der Waals surface area contributed by atoms with Gasteiger partial charge in [0, 0.05) is 6.42 Å². The number of carbonyl (C=O) groups excluding carboxylic acids is 2. The first-order valence-electron chi connectivity index (χ1n) is 8.93. The Kier molecular flexibility index (Phi) is 6.41. The van der Waals surface area contributed by atoms with E-state index in [-0.39, 0.29) is 24.2 Å². The molecule has 0 aliphatic heterocycles. The van der Waals surface area contributed by atoms with Crippen molar-refractivity contribution in [3.05, 3.63) is 29.8 Å². The minimum Gasteiger partial charge on any atom is -0.458 e. The van der Waals surface area contributed by atoms with Crippen molar-refractivity contribution in [1.29, 1.82) is 0 Å². The van der Waals surface area contributed by atoms with Crippen molar-refractivity contribution in [3.63, 3.8) is 0 Å². The molecule has 0 N–H and O–H groups in total. The molecule has 1 aromatic rings. The minimum absolute atomic E-state index is 0.0730. The van der Waals surface area contributed by atoms with Gasteiger partial charge < -0.3 is 9.47 Å². The van der Waals surface area contributed by atoms with Gasteiger partial charge in [-0.1, -0.05) is 46.2 Å². The van der Waals surface area contributed by atoms with Gasteiger partial charge in [-0.3, -0.25) is 4.79 Å². The van der Waals surface area contributed by atoms with Gasteiger partial charge in [0.1, 0.15) is 17.4 Å². The van der Waals surface area contributed by atoms with E-state index in [1.165, 1.54) is 6.42 Å². The Morgan fingerprint density at radius 2 is 1.92 bits per heavy atom. The minimum atomic E-state index is -0.403. The van der Waals surface area contributed by atoms with E-state index in [2.05, 4.69) is 20.8 Å². The van der Waals surface area contributed by atoms with Crippen molar-refractivity contribution >= 4 is 11.9 Å². The van der Waals surface area contributed by atoms with E-state index < -0.39 is 5.97 Å². The van der Waals surface area contributed by atoms with Crippen LogP contribution in [0.3, 0.4) is 0 Å². The third kappa shape index (κ3) is 4.59. The summed E-state index contributed by atoms with van der Waals surface area (Å²) in [4.78, 5) is 24.2. The van der Waals surface area contributed by atoms with Crippen molar-refractivity contribution in [1.82, 2.24) is 0 Å². The van der Waals surface area contributed by atoms with Crippen LogP contribution in [0, 0.1) is 17.8 Å². The summed E-state index contributed by atoms with van der Waals surface area (Å²) in [6, 6.07) is 6.78. The van der Waals surface area contributed by atoms with Crippen LogP contribution >= 0.6 is 0 Å². The van der Waals surface area contributed by atoms with E-state index in [9.17, 15) is 9.59 Å². The number of para-hydroxylation sites is 1. The fraction of sp³-hybridized carbons (Fsp3) is 0.600. The van der Waals surface area contributed by atoms with Gasteiger partial charge >= 0.3 is 11.9 Å². The van der Waals surface area contributed by atoms with E-state index >= 15 is 0 Å². The van der Waals surface area contributed by atoms with E-state index in [1.807, 2.05) is 0 Å². The maximum absolute atomic E-state index is 12.7. The molecule has 24 heavy (non-hydrogen) atoms. The van der Waals surface area contributed by atoms with E-state index in [0.717, 1.165) is 12.8 Å². The van der Waals surface area contributed by atoms with Gasteiger partial charge in [-0.05, 0) is 42.7 Å². The molecule has 4 nitrogen and oxygen atoms in total. The lowest BCUT2D eigenvalue weighted by Crippen LogP contribution is -2.36. The number of ether oxygens (including phenoxy) is 2. The second-order valence-electron chi connectivity index (χ2n) is 7.09. The Hall–Kier alpha value is -1.84. The molecule has 3 atom stereocenters. The average molecular weight is 332 g/mol. The number of hydrogen-bond acceptors (Lipinski definition) is 4. The third-order valence-electron chi connectivity index (χ3n) is 4.84. The quantitative estimate of drug-likeness (QED) is 0.583. The molecular weight excluding hydrogens is 304 g/mol. The molecule has 3 unspecified atom stereocenters. The summed E-state index contributed by atoms with van der Waals surface area (Å²) < 4.78 is 11.1. The summed E-state index contributed by atoms with van der Waals surface area (Å²) in [5, 5.41) is 0. The second kappa shape index (κ2) is 8.32. The van der Waals surface area contributed by atoms with Crippen molar-refractivity contribution in [2.24, 2.45) is 17.8 Å². The molecule has 1 aromatic carbocycles. The average Bonchev–Trinajstić information content (AvgIpc) is 2.54. The number of benzene rings is 1. The third-order valence-corrected chi connectivity index (χ3v) is 4.84. The lowest BCUT2D eigenvalue weighted by atomic mass is 9.75. The molecule has 0 saturated heterocycles. The smallest absolute Gasteiger partial charge is 0.342 e. The number of carbonyl (C=O) groups is 2. The van der Waals surface area contributed by atoms with Crippen LogP contribution in [-0.2, 0) is 9.53 Å². The Labute approximate surface area is 144 Å². The highest BCUT2D eigenvalue weighted by molar-refractivity contribution is 5.93. The monoisotopic (exact) mass is 332 g/mol. The molecule has 1 fully saturated rings. The Balaban J connectivity index is 2.15. The lowest BCUT2D eigenvalue weighted by Gasteiger charge is -2.36. The van der Waals surface area contributed by atoms with Crippen LogP contribution in [0.5, 0.6) is 5.75 Å². The Bertz CT molecular complexity index is 579. The normalized spacial score (nSPS) is 23.8. The molecule has 1 aliphatic rings. The SMILES string of the molecule is CCC(=O)Oc1ccccc1C(=O)OC1CC(C)CCC1C(C)C. The first kappa shape index (κ1) is 18.5. The summed E-state index contributed by atoms with van der Waals surface area (Å²) in [5.74, 6) is 0.935. The van der Waals surface area contributed by atoms with Crippen molar-refractivity contribution in [2.75, 3.05) is 0 Å². The van der Waals surface area contributed by atoms with Gasteiger partial charge in [-0.2, -0.15) is 0 Å². The molecule has 0 bridgehead atoms. The zero-order valence-corrected chi connectivity index (χ0v) is 15.1. The van der Waals surface area contributed by atoms with Crippen molar-refractivity contribution in [2.45, 2.75) is 59.5 Å². The number of rotatable bonds is 5. The van der Waals surface area contributed by atoms with Crippen molar-refractivity contribution in [3.8, 4) is 5.75 Å². The number of hydrogen-bond donors (Lipinski definition) is 0. The highest BCUT2D eigenvalue weighted by Crippen LogP contribution is 2.36. The standard InChI is InChI=1S/C20H28O4/c1-5-19(21)23-17-9-7-6-8-16(17)20(22)24-18-12-14(4)10-11-15(18)13(2)3/h6-9,13-15,18H,5,10-12H2,1-4H3. The molecule has 0 spiro atoms. The molecule has 4 heteroatoms. The summed E-state index contributed by atoms with van der Waals surface area (Å²) in [5.41, 5.74) is 0.319. The van der Waals surface area contributed by atoms with Crippen molar-refractivity contribution < 1.29 is 19.1 Å². The molecule has 0 radical (unpaired) electrons. The van der Waals surface area contributed by atoms with E-state index in [0.29, 0.717) is 23.3 Å². The fourth-order valence-corrected chi connectivity index (χ4v) is 3.37. The van der Waals surface area contributed by atoms with Crippen LogP contribution in [0.2, 0.25) is 0 Å². The van der Waals surface area contributed by atoms with Crippen LogP contribution in [0.15, 0.2) is 24.3 Å². The topological polar surface area (TPSA) is 52.6 Å². The van der Waals surface area contributed by atoms with Crippen LogP contribution in [-0.4, -0.2) is 18.0 Å². The predicted molar refractivity (Wildman–Crippen MR) is 92.9 cm³/mol. The van der Waals surface area contributed by atoms with Gasteiger partial charge in [-0.25, -0.2) is 4.79 Å². The maximum atomic E-state index is 12.7. The summed E-state index contributed by atoms with van der Waals surface area (Å²) in [6.07, 6.45) is 3.35. The second-order valence-corrected chi connectivity index (χ2v) is 7.09. The molecule has 132 valence electrons. The Morgan fingerprint density at radius 3 is 2.58 bits per heavy atom. The van der Waals surface area contributed by atoms with Gasteiger partial charge in [0.05, 0.1) is 0 Å². The van der Waals surface area contributed by atoms with Crippen LogP contribution in [0.4, 0.5) is 0 Å². The van der Waals surface area contributed by atoms with Crippen LogP contribution in [0.1, 0.15) is 63.7 Å². The van der Waals surface area contributed by atoms with E-state index in [1.54, 1.807) is 31.2 Å². The molecule has 0 amide bonds. The van der Waals surface area contributed by atoms with Gasteiger partial charge in [0.25, 0.3) is 0 Å². The highest BCUT2D eigenvalue weighted by Gasteiger charge is 2.34. The zero-order valence-electron chi connectivity index (χ0n) is 15.1. The first-order valence-corrected chi connectivity index (χ1v) is 8.93. The fourth-order valence-electron chi connectivity index (χ4n) is 3.37. The highest BCUT2D eigenvalue weighted by atomic mass is 16.6. The molecule has 0 heterocycles. The lowest BCUT2D eigenvalue weighted by molar-refractivity contribution is -0.134. The maximum Gasteiger partial charge on any atom is 0.342 e. The molecular formula is C20H28O4.